The van der Waals surface area contributed by atoms with Crippen LogP contribution in [-0.4, -0.2) is 53.5 Å². The number of benzene rings is 2. The van der Waals surface area contributed by atoms with Crippen LogP contribution in [0.4, 0.5) is 0 Å². The van der Waals surface area contributed by atoms with E-state index in [-0.39, 0.29) is 0 Å². The molecule has 34 heavy (non-hydrogen) atoms. The fraction of sp³-hybridized carbons (Fsp3) is 0.517. The Morgan fingerprint density at radius 3 is 1.97 bits per heavy atom. The molecule has 0 aliphatic carbocycles. The summed E-state index contributed by atoms with van der Waals surface area (Å²) in [5, 5.41) is 0. The Morgan fingerprint density at radius 1 is 0.676 bits per heavy atom. The van der Waals surface area contributed by atoms with Gasteiger partial charge < -0.3 is 23.8 Å². The van der Waals surface area contributed by atoms with Crippen LogP contribution in [-0.2, 0) is 6.42 Å². The number of nitrogens with zero attached hydrogens (tertiary/aromatic N) is 1. The third-order valence-corrected chi connectivity index (χ3v) is 6.16. The number of likely N-dealkylation sites (N-methyl/N-ethyl adjacent to an activating group) is 1. The highest BCUT2D eigenvalue weighted by molar-refractivity contribution is 5.74. The van der Waals surface area contributed by atoms with Crippen LogP contribution in [0, 0.1) is 0 Å². The SMILES string of the molecule is CCCCCCCCN(C)CCc1cc(OC)c(OC)cc1/C=C/c1ccc(OC)c(OC)c1. The Morgan fingerprint density at radius 2 is 1.29 bits per heavy atom. The Hall–Kier alpha value is -2.66. The van der Waals surface area contributed by atoms with Crippen LogP contribution >= 0.6 is 0 Å². The first-order chi connectivity index (χ1) is 16.6. The highest BCUT2D eigenvalue weighted by Crippen LogP contribution is 2.33. The third kappa shape index (κ3) is 8.60. The molecule has 0 amide bonds. The van der Waals surface area contributed by atoms with Gasteiger partial charge in [-0.3, -0.25) is 0 Å². The van der Waals surface area contributed by atoms with E-state index >= 15 is 0 Å². The number of ether oxygens (including phenoxy) is 4. The molecular formula is C29H43NO4. The van der Waals surface area contributed by atoms with Crippen LogP contribution < -0.4 is 18.9 Å². The zero-order valence-corrected chi connectivity index (χ0v) is 22.0. The molecule has 0 saturated heterocycles. The van der Waals surface area contributed by atoms with Gasteiger partial charge in [0.05, 0.1) is 28.4 Å². The summed E-state index contributed by atoms with van der Waals surface area (Å²) in [6.07, 6.45) is 13.1. The van der Waals surface area contributed by atoms with Gasteiger partial charge in [0, 0.05) is 6.54 Å². The van der Waals surface area contributed by atoms with Gasteiger partial charge in [0.25, 0.3) is 0 Å². The molecule has 5 heteroatoms. The average molecular weight is 470 g/mol. The zero-order valence-electron chi connectivity index (χ0n) is 22.0. The molecule has 5 nitrogen and oxygen atoms in total. The summed E-state index contributed by atoms with van der Waals surface area (Å²) in [6.45, 7) is 4.40. The van der Waals surface area contributed by atoms with Crippen molar-refractivity contribution in [3.63, 3.8) is 0 Å². The molecule has 0 heterocycles. The van der Waals surface area contributed by atoms with Crippen molar-refractivity contribution in [1.29, 1.82) is 0 Å². The van der Waals surface area contributed by atoms with Crippen molar-refractivity contribution in [2.45, 2.75) is 51.9 Å². The first-order valence-corrected chi connectivity index (χ1v) is 12.4. The number of methoxy groups -OCH3 is 4. The predicted octanol–water partition coefficient (Wildman–Crippen LogP) is 6.73. The summed E-state index contributed by atoms with van der Waals surface area (Å²) < 4.78 is 21.9. The molecule has 0 aromatic heterocycles. The van der Waals surface area contributed by atoms with Gasteiger partial charge in [-0.25, -0.2) is 0 Å². The standard InChI is InChI=1S/C29H43NO4/c1-7-8-9-10-11-12-18-30(2)19-17-25-22-29(34-6)28(33-5)21-24(25)15-13-23-14-16-26(31-3)27(20-23)32-4/h13-16,20-22H,7-12,17-19H2,1-6H3/b15-13+. The van der Waals surface area contributed by atoms with Crippen molar-refractivity contribution in [3.8, 4) is 23.0 Å². The Kier molecular flexibility index (Phi) is 12.4. The molecule has 0 radical (unpaired) electrons. The van der Waals surface area contributed by atoms with Crippen LogP contribution in [0.1, 0.15) is 62.1 Å². The van der Waals surface area contributed by atoms with E-state index in [1.54, 1.807) is 28.4 Å². The lowest BCUT2D eigenvalue weighted by atomic mass is 10.0. The van der Waals surface area contributed by atoms with E-state index in [0.29, 0.717) is 5.75 Å². The third-order valence-electron chi connectivity index (χ3n) is 6.16. The van der Waals surface area contributed by atoms with Crippen LogP contribution in [0.15, 0.2) is 30.3 Å². The van der Waals surface area contributed by atoms with Crippen LogP contribution in [0.25, 0.3) is 12.2 Å². The minimum atomic E-state index is 0.716. The van der Waals surface area contributed by atoms with E-state index < -0.39 is 0 Å². The van der Waals surface area contributed by atoms with Gasteiger partial charge >= 0.3 is 0 Å². The highest BCUT2D eigenvalue weighted by Gasteiger charge is 2.11. The molecule has 2 rings (SSSR count). The number of rotatable bonds is 16. The smallest absolute Gasteiger partial charge is 0.161 e. The van der Waals surface area contributed by atoms with Crippen LogP contribution in [0.2, 0.25) is 0 Å². The van der Waals surface area contributed by atoms with Crippen molar-refractivity contribution in [2.75, 3.05) is 48.6 Å². The second-order valence-corrected chi connectivity index (χ2v) is 8.67. The fourth-order valence-corrected chi connectivity index (χ4v) is 4.04. The van der Waals surface area contributed by atoms with E-state index in [2.05, 4.69) is 43.2 Å². The first-order valence-electron chi connectivity index (χ1n) is 12.4. The summed E-state index contributed by atoms with van der Waals surface area (Å²) in [6, 6.07) is 10.1. The summed E-state index contributed by atoms with van der Waals surface area (Å²) in [7, 11) is 8.87. The van der Waals surface area contributed by atoms with Crippen molar-refractivity contribution >= 4 is 12.2 Å². The molecule has 0 atom stereocenters. The quantitative estimate of drug-likeness (QED) is 0.201. The molecule has 2 aromatic rings. The molecule has 0 spiro atoms. The summed E-state index contributed by atoms with van der Waals surface area (Å²) in [5.41, 5.74) is 3.41. The molecule has 0 bridgehead atoms. The first kappa shape index (κ1) is 27.6. The minimum Gasteiger partial charge on any atom is -0.493 e. The number of hydrogen-bond acceptors (Lipinski definition) is 5. The fourth-order valence-electron chi connectivity index (χ4n) is 4.04. The molecule has 0 aliphatic heterocycles. The Bertz CT molecular complexity index is 894. The van der Waals surface area contributed by atoms with Gasteiger partial charge in [-0.15, -0.1) is 0 Å². The van der Waals surface area contributed by atoms with Gasteiger partial charge in [-0.05, 0) is 67.4 Å². The molecule has 2 aromatic carbocycles. The lowest BCUT2D eigenvalue weighted by Crippen LogP contribution is -2.22. The monoisotopic (exact) mass is 469 g/mol. The van der Waals surface area contributed by atoms with Gasteiger partial charge in [0.15, 0.2) is 23.0 Å². The maximum atomic E-state index is 5.58. The molecule has 0 fully saturated rings. The molecule has 0 aliphatic rings. The molecular weight excluding hydrogens is 426 g/mol. The van der Waals surface area contributed by atoms with Crippen molar-refractivity contribution in [1.82, 2.24) is 4.90 Å². The van der Waals surface area contributed by atoms with Crippen LogP contribution in [0.3, 0.4) is 0 Å². The maximum absolute atomic E-state index is 5.58. The van der Waals surface area contributed by atoms with E-state index in [4.69, 9.17) is 18.9 Å². The second-order valence-electron chi connectivity index (χ2n) is 8.67. The Balaban J connectivity index is 2.11. The highest BCUT2D eigenvalue weighted by atomic mass is 16.5. The van der Waals surface area contributed by atoms with Gasteiger partial charge in [-0.2, -0.15) is 0 Å². The average Bonchev–Trinajstić information content (AvgIpc) is 2.87. The normalized spacial score (nSPS) is 11.3. The predicted molar refractivity (Wildman–Crippen MR) is 143 cm³/mol. The molecule has 0 saturated carbocycles. The van der Waals surface area contributed by atoms with E-state index in [1.165, 1.54) is 44.1 Å². The van der Waals surface area contributed by atoms with Crippen molar-refractivity contribution in [3.05, 3.63) is 47.0 Å². The molecule has 188 valence electrons. The molecule has 0 unspecified atom stereocenters. The molecule has 0 N–H and O–H groups in total. The van der Waals surface area contributed by atoms with Crippen molar-refractivity contribution < 1.29 is 18.9 Å². The van der Waals surface area contributed by atoms with Crippen LogP contribution in [0.5, 0.6) is 23.0 Å². The van der Waals surface area contributed by atoms with E-state index in [1.807, 2.05) is 18.2 Å². The lowest BCUT2D eigenvalue weighted by Gasteiger charge is -2.18. The zero-order chi connectivity index (χ0) is 24.8. The largest absolute Gasteiger partial charge is 0.493 e. The number of hydrogen-bond donors (Lipinski definition) is 0. The summed E-state index contributed by atoms with van der Waals surface area (Å²) in [5.74, 6) is 2.94. The minimum absolute atomic E-state index is 0.716. The summed E-state index contributed by atoms with van der Waals surface area (Å²) in [4.78, 5) is 2.43. The second kappa shape index (κ2) is 15.3. The van der Waals surface area contributed by atoms with E-state index in [9.17, 15) is 0 Å². The van der Waals surface area contributed by atoms with Gasteiger partial charge in [-0.1, -0.05) is 57.2 Å². The van der Waals surface area contributed by atoms with E-state index in [0.717, 1.165) is 47.9 Å². The van der Waals surface area contributed by atoms with Gasteiger partial charge in [0.2, 0.25) is 0 Å². The maximum Gasteiger partial charge on any atom is 0.161 e. The topological polar surface area (TPSA) is 40.2 Å². The Labute approximate surface area is 206 Å². The summed E-state index contributed by atoms with van der Waals surface area (Å²) >= 11 is 0. The van der Waals surface area contributed by atoms with Crippen molar-refractivity contribution in [2.24, 2.45) is 0 Å². The van der Waals surface area contributed by atoms with Gasteiger partial charge in [0.1, 0.15) is 0 Å². The lowest BCUT2D eigenvalue weighted by molar-refractivity contribution is 0.326. The number of unbranched alkanes of at least 4 members (excludes halogenated alkanes) is 5.